The van der Waals surface area contributed by atoms with Gasteiger partial charge in [-0.05, 0) is 75.5 Å². The van der Waals surface area contributed by atoms with Crippen molar-refractivity contribution in [1.82, 2.24) is 0 Å². The molecule has 3 fully saturated rings. The second-order valence-corrected chi connectivity index (χ2v) is 9.16. The molecular weight excluding hydrogens is 360 g/mol. The molecular formula is C21H32F4O2. The standard InChI is InChI=1S/C21H32F4O2/c1-13-2-4-14(5-3-13)15-6-8-16(9-7-15)20(26)17-10-11-19(18(22)12-17)27-21(23,24)25/h13-19H,2-12H2,1H3. The van der Waals surface area contributed by atoms with Gasteiger partial charge in [-0.25, -0.2) is 4.39 Å². The number of carbonyl (C=O) groups is 1. The highest BCUT2D eigenvalue weighted by Gasteiger charge is 2.43. The first-order chi connectivity index (χ1) is 12.7. The Morgan fingerprint density at radius 1 is 0.815 bits per heavy atom. The number of halogens is 4. The van der Waals surface area contributed by atoms with Crippen LogP contribution in [-0.4, -0.2) is 24.4 Å². The zero-order valence-corrected chi connectivity index (χ0v) is 16.1. The number of rotatable bonds is 4. The van der Waals surface area contributed by atoms with Crippen LogP contribution in [0.25, 0.3) is 0 Å². The summed E-state index contributed by atoms with van der Waals surface area (Å²) in [6.45, 7) is 2.32. The summed E-state index contributed by atoms with van der Waals surface area (Å²) in [5, 5.41) is 0. The van der Waals surface area contributed by atoms with Gasteiger partial charge in [-0.3, -0.25) is 9.53 Å². The molecule has 3 rings (SSSR count). The number of Topliss-reactive ketones (excluding diaryl/α,β-unsaturated/α-hetero) is 1. The van der Waals surface area contributed by atoms with Crippen LogP contribution in [0.3, 0.4) is 0 Å². The SMILES string of the molecule is CC1CCC(C2CCC(C(=O)C3CCC(OC(F)(F)F)C(F)C3)CC2)CC1. The molecule has 2 nitrogen and oxygen atoms in total. The van der Waals surface area contributed by atoms with Crippen molar-refractivity contribution in [1.29, 1.82) is 0 Å². The molecule has 0 aromatic heterocycles. The van der Waals surface area contributed by atoms with Crippen LogP contribution >= 0.6 is 0 Å². The van der Waals surface area contributed by atoms with E-state index in [-0.39, 0.29) is 24.5 Å². The molecule has 0 bridgehead atoms. The van der Waals surface area contributed by atoms with E-state index >= 15 is 0 Å². The molecule has 3 aliphatic rings. The maximum atomic E-state index is 14.1. The van der Waals surface area contributed by atoms with Crippen molar-refractivity contribution in [2.75, 3.05) is 0 Å². The van der Waals surface area contributed by atoms with Gasteiger partial charge in [-0.2, -0.15) is 0 Å². The number of hydrogen-bond acceptors (Lipinski definition) is 2. The lowest BCUT2D eigenvalue weighted by atomic mass is 9.67. The molecule has 0 saturated heterocycles. The Morgan fingerprint density at radius 2 is 1.33 bits per heavy atom. The second kappa shape index (κ2) is 8.79. The lowest BCUT2D eigenvalue weighted by Crippen LogP contribution is -2.40. The third kappa shape index (κ3) is 5.68. The lowest BCUT2D eigenvalue weighted by molar-refractivity contribution is -0.351. The minimum absolute atomic E-state index is 0.0268. The van der Waals surface area contributed by atoms with Crippen LogP contribution < -0.4 is 0 Å². The summed E-state index contributed by atoms with van der Waals surface area (Å²) in [5.74, 6) is 1.96. The molecule has 0 amide bonds. The Labute approximate surface area is 159 Å². The van der Waals surface area contributed by atoms with E-state index in [0.717, 1.165) is 37.5 Å². The molecule has 3 atom stereocenters. The van der Waals surface area contributed by atoms with E-state index in [9.17, 15) is 22.4 Å². The predicted molar refractivity (Wildman–Crippen MR) is 94.7 cm³/mol. The van der Waals surface area contributed by atoms with Crippen molar-refractivity contribution >= 4 is 5.78 Å². The molecule has 6 heteroatoms. The molecule has 3 aliphatic carbocycles. The maximum absolute atomic E-state index is 14.1. The first-order valence-electron chi connectivity index (χ1n) is 10.6. The molecule has 0 radical (unpaired) electrons. The quantitative estimate of drug-likeness (QED) is 0.530. The van der Waals surface area contributed by atoms with Gasteiger partial charge in [0.05, 0.1) is 6.10 Å². The summed E-state index contributed by atoms with van der Waals surface area (Å²) in [4.78, 5) is 12.8. The van der Waals surface area contributed by atoms with Crippen molar-refractivity contribution in [3.63, 3.8) is 0 Å². The third-order valence-corrected chi connectivity index (χ3v) is 7.30. The van der Waals surface area contributed by atoms with E-state index in [2.05, 4.69) is 11.7 Å². The predicted octanol–water partition coefficient (Wildman–Crippen LogP) is 6.23. The van der Waals surface area contributed by atoms with Crippen LogP contribution in [0.5, 0.6) is 0 Å². The van der Waals surface area contributed by atoms with Crippen LogP contribution in [0.4, 0.5) is 17.6 Å². The van der Waals surface area contributed by atoms with Crippen LogP contribution in [0.2, 0.25) is 0 Å². The summed E-state index contributed by atoms with van der Waals surface area (Å²) >= 11 is 0. The molecule has 27 heavy (non-hydrogen) atoms. The molecule has 156 valence electrons. The summed E-state index contributed by atoms with van der Waals surface area (Å²) in [6.07, 6.45) is 1.25. The first kappa shape index (κ1) is 21.1. The Hall–Kier alpha value is -0.650. The zero-order chi connectivity index (χ0) is 19.6. The van der Waals surface area contributed by atoms with Crippen molar-refractivity contribution in [3.05, 3.63) is 0 Å². The van der Waals surface area contributed by atoms with E-state index < -0.39 is 24.6 Å². The van der Waals surface area contributed by atoms with Gasteiger partial charge >= 0.3 is 6.36 Å². The van der Waals surface area contributed by atoms with E-state index in [1.165, 1.54) is 25.7 Å². The normalized spacial score (nSPS) is 41.3. The monoisotopic (exact) mass is 392 g/mol. The third-order valence-electron chi connectivity index (χ3n) is 7.30. The first-order valence-corrected chi connectivity index (χ1v) is 10.6. The van der Waals surface area contributed by atoms with Crippen LogP contribution in [0.15, 0.2) is 0 Å². The number of hydrogen-bond donors (Lipinski definition) is 0. The molecule has 3 saturated carbocycles. The smallest absolute Gasteiger partial charge is 0.299 e. The van der Waals surface area contributed by atoms with E-state index in [1.807, 2.05) is 0 Å². The van der Waals surface area contributed by atoms with Gasteiger partial charge in [0.2, 0.25) is 0 Å². The van der Waals surface area contributed by atoms with Gasteiger partial charge in [-0.15, -0.1) is 13.2 Å². The van der Waals surface area contributed by atoms with Gasteiger partial charge < -0.3 is 0 Å². The molecule has 0 spiro atoms. The summed E-state index contributed by atoms with van der Waals surface area (Å²) < 4.78 is 54.9. The Kier molecular flexibility index (Phi) is 6.86. The molecule has 0 aromatic rings. The molecule has 0 heterocycles. The molecule has 0 N–H and O–H groups in total. The van der Waals surface area contributed by atoms with Crippen LogP contribution in [-0.2, 0) is 9.53 Å². The van der Waals surface area contributed by atoms with E-state index in [4.69, 9.17) is 0 Å². The minimum atomic E-state index is -4.82. The van der Waals surface area contributed by atoms with Gasteiger partial charge in [-0.1, -0.05) is 19.8 Å². The summed E-state index contributed by atoms with van der Waals surface area (Å²) in [6, 6.07) is 0. The van der Waals surface area contributed by atoms with Crippen LogP contribution in [0, 0.1) is 29.6 Å². The Bertz CT molecular complexity index is 491. The lowest BCUT2D eigenvalue weighted by Gasteiger charge is -2.38. The number of ketones is 1. The van der Waals surface area contributed by atoms with Gasteiger partial charge in [0.1, 0.15) is 12.0 Å². The topological polar surface area (TPSA) is 26.3 Å². The average molecular weight is 392 g/mol. The zero-order valence-electron chi connectivity index (χ0n) is 16.1. The Balaban J connectivity index is 1.44. The fourth-order valence-electron chi connectivity index (χ4n) is 5.62. The number of carbonyl (C=O) groups excluding carboxylic acids is 1. The van der Waals surface area contributed by atoms with Gasteiger partial charge in [0.25, 0.3) is 0 Å². The summed E-state index contributed by atoms with van der Waals surface area (Å²) in [7, 11) is 0. The van der Waals surface area contributed by atoms with Crippen molar-refractivity contribution in [3.8, 4) is 0 Å². The summed E-state index contributed by atoms with van der Waals surface area (Å²) in [5.41, 5.74) is 0. The second-order valence-electron chi connectivity index (χ2n) is 9.16. The highest BCUT2D eigenvalue weighted by molar-refractivity contribution is 5.83. The minimum Gasteiger partial charge on any atom is -0.299 e. The van der Waals surface area contributed by atoms with E-state index in [0.29, 0.717) is 12.3 Å². The van der Waals surface area contributed by atoms with Gasteiger partial charge in [0, 0.05) is 11.8 Å². The highest BCUT2D eigenvalue weighted by atomic mass is 19.4. The number of ether oxygens (including phenoxy) is 1. The molecule has 0 aromatic carbocycles. The maximum Gasteiger partial charge on any atom is 0.522 e. The fourth-order valence-corrected chi connectivity index (χ4v) is 5.62. The van der Waals surface area contributed by atoms with Crippen molar-refractivity contribution in [2.45, 2.75) is 96.2 Å². The van der Waals surface area contributed by atoms with E-state index in [1.54, 1.807) is 0 Å². The van der Waals surface area contributed by atoms with Crippen LogP contribution in [0.1, 0.15) is 77.6 Å². The van der Waals surface area contributed by atoms with Crippen molar-refractivity contribution in [2.24, 2.45) is 29.6 Å². The largest absolute Gasteiger partial charge is 0.522 e. The van der Waals surface area contributed by atoms with Crippen molar-refractivity contribution < 1.29 is 27.1 Å². The highest BCUT2D eigenvalue weighted by Crippen LogP contribution is 2.43. The Morgan fingerprint density at radius 3 is 1.85 bits per heavy atom. The van der Waals surface area contributed by atoms with Gasteiger partial charge in [0.15, 0.2) is 0 Å². The molecule has 0 aliphatic heterocycles. The number of alkyl halides is 4. The fraction of sp³-hybridized carbons (Fsp3) is 0.952. The average Bonchev–Trinajstić information content (AvgIpc) is 2.62. The molecule has 3 unspecified atom stereocenters.